The third-order valence-corrected chi connectivity index (χ3v) is 3.96. The Bertz CT molecular complexity index is 549. The van der Waals surface area contributed by atoms with Crippen LogP contribution in [0.5, 0.6) is 0 Å². The van der Waals surface area contributed by atoms with Gasteiger partial charge in [0.2, 0.25) is 0 Å². The Hall–Kier alpha value is -1.77. The van der Waals surface area contributed by atoms with Crippen LogP contribution in [0, 0.1) is 20.8 Å². The Morgan fingerprint density at radius 2 is 1.74 bits per heavy atom. The number of hydrogen-bond acceptors (Lipinski definition) is 2. The Morgan fingerprint density at radius 3 is 2.16 bits per heavy atom. The van der Waals surface area contributed by atoms with Gasteiger partial charge in [0.25, 0.3) is 5.91 Å². The van der Waals surface area contributed by atoms with E-state index in [1.54, 1.807) is 4.90 Å². The number of likely N-dealkylation sites (N-methyl/N-ethyl adjacent to an activating group) is 1. The Balaban J connectivity index is 2.65. The molecule has 1 aliphatic rings. The Kier molecular flexibility index (Phi) is 3.40. The van der Waals surface area contributed by atoms with Crippen LogP contribution in [0.15, 0.2) is 17.8 Å². The minimum absolute atomic E-state index is 0.0302. The average Bonchev–Trinajstić information content (AvgIpc) is 2.52. The predicted molar refractivity (Wildman–Crippen MR) is 78.6 cm³/mol. The lowest BCUT2D eigenvalue weighted by atomic mass is 9.92. The molecule has 1 atom stereocenters. The summed E-state index contributed by atoms with van der Waals surface area (Å²) in [6.45, 7) is 8.21. The van der Waals surface area contributed by atoms with Crippen molar-refractivity contribution in [3.8, 4) is 0 Å². The average molecular weight is 258 g/mol. The summed E-state index contributed by atoms with van der Waals surface area (Å²) in [5.41, 5.74) is 12.1. The number of nitrogens with zero attached hydrogens (tertiary/aromatic N) is 1. The molecule has 1 unspecified atom stereocenters. The molecule has 19 heavy (non-hydrogen) atoms. The van der Waals surface area contributed by atoms with Crippen LogP contribution < -0.4 is 5.73 Å². The van der Waals surface area contributed by atoms with Crippen molar-refractivity contribution in [1.82, 2.24) is 4.90 Å². The van der Waals surface area contributed by atoms with Gasteiger partial charge in [-0.05, 0) is 43.9 Å². The van der Waals surface area contributed by atoms with Crippen molar-refractivity contribution < 1.29 is 4.79 Å². The smallest absolute Gasteiger partial charge is 0.256 e. The fraction of sp³-hybridized carbons (Fsp3) is 0.438. The van der Waals surface area contributed by atoms with Crippen molar-refractivity contribution in [3.05, 3.63) is 40.1 Å². The first-order valence-electron chi connectivity index (χ1n) is 6.73. The van der Waals surface area contributed by atoms with E-state index < -0.39 is 0 Å². The highest BCUT2D eigenvalue weighted by Gasteiger charge is 2.36. The molecule has 1 amide bonds. The van der Waals surface area contributed by atoms with E-state index >= 15 is 0 Å². The lowest BCUT2D eigenvalue weighted by molar-refractivity contribution is -0.123. The molecule has 102 valence electrons. The first-order chi connectivity index (χ1) is 8.88. The van der Waals surface area contributed by atoms with Crippen LogP contribution in [0.25, 0.3) is 5.57 Å². The molecule has 0 aliphatic carbocycles. The standard InChI is InChI=1S/C16H22N2O/c1-6-12-15(17)14(16(19)18(12)5)13-10(3)7-9(2)8-11(13)4/h7-8,12H,6,17H2,1-5H3. The molecule has 1 aromatic rings. The van der Waals surface area contributed by atoms with E-state index in [2.05, 4.69) is 26.0 Å². The zero-order chi connectivity index (χ0) is 14.3. The number of amides is 1. The van der Waals surface area contributed by atoms with Crippen molar-refractivity contribution in [2.45, 2.75) is 40.2 Å². The van der Waals surface area contributed by atoms with Gasteiger partial charge >= 0.3 is 0 Å². The number of nitrogens with two attached hydrogens (primary N) is 1. The van der Waals surface area contributed by atoms with Crippen molar-refractivity contribution in [2.75, 3.05) is 7.05 Å². The molecule has 0 fully saturated rings. The molecule has 0 saturated heterocycles. The summed E-state index contributed by atoms with van der Waals surface area (Å²) < 4.78 is 0. The quantitative estimate of drug-likeness (QED) is 0.886. The van der Waals surface area contributed by atoms with E-state index in [0.717, 1.165) is 23.1 Å². The van der Waals surface area contributed by atoms with Crippen LogP contribution in [0.1, 0.15) is 35.6 Å². The highest BCUT2D eigenvalue weighted by Crippen LogP contribution is 2.34. The van der Waals surface area contributed by atoms with E-state index in [-0.39, 0.29) is 11.9 Å². The normalized spacial score (nSPS) is 19.5. The molecule has 2 rings (SSSR count). The van der Waals surface area contributed by atoms with Gasteiger partial charge in [-0.1, -0.05) is 24.6 Å². The molecule has 0 saturated carbocycles. The molecule has 1 aliphatic heterocycles. The van der Waals surface area contributed by atoms with Gasteiger partial charge in [-0.15, -0.1) is 0 Å². The van der Waals surface area contributed by atoms with Crippen LogP contribution in [0.3, 0.4) is 0 Å². The number of hydrogen-bond donors (Lipinski definition) is 1. The topological polar surface area (TPSA) is 46.3 Å². The van der Waals surface area contributed by atoms with E-state index in [0.29, 0.717) is 11.3 Å². The van der Waals surface area contributed by atoms with Gasteiger partial charge in [0, 0.05) is 12.7 Å². The van der Waals surface area contributed by atoms with Gasteiger partial charge in [-0.2, -0.15) is 0 Å². The summed E-state index contributed by atoms with van der Waals surface area (Å²) >= 11 is 0. The maximum atomic E-state index is 12.5. The SMILES string of the molecule is CCC1C(N)=C(c2c(C)cc(C)cc2C)C(=O)N1C. The summed E-state index contributed by atoms with van der Waals surface area (Å²) in [6.07, 6.45) is 0.849. The molecular weight excluding hydrogens is 236 g/mol. The van der Waals surface area contributed by atoms with Crippen molar-refractivity contribution in [1.29, 1.82) is 0 Å². The van der Waals surface area contributed by atoms with Crippen molar-refractivity contribution >= 4 is 11.5 Å². The minimum atomic E-state index is 0.0302. The second kappa shape index (κ2) is 4.72. The second-order valence-electron chi connectivity index (χ2n) is 5.44. The number of aryl methyl sites for hydroxylation is 3. The summed E-state index contributed by atoms with van der Waals surface area (Å²) in [5, 5.41) is 0. The zero-order valence-corrected chi connectivity index (χ0v) is 12.4. The number of carbonyl (C=O) groups excluding carboxylic acids is 1. The predicted octanol–water partition coefficient (Wildman–Crippen LogP) is 2.53. The summed E-state index contributed by atoms with van der Waals surface area (Å²) in [5.74, 6) is 0.0411. The summed E-state index contributed by atoms with van der Waals surface area (Å²) in [6, 6.07) is 4.24. The van der Waals surface area contributed by atoms with Crippen LogP contribution in [-0.2, 0) is 4.79 Å². The molecule has 0 bridgehead atoms. The van der Waals surface area contributed by atoms with E-state index in [9.17, 15) is 4.79 Å². The van der Waals surface area contributed by atoms with Gasteiger partial charge in [0.1, 0.15) is 0 Å². The Labute approximate surface area is 115 Å². The third-order valence-electron chi connectivity index (χ3n) is 3.96. The summed E-state index contributed by atoms with van der Waals surface area (Å²) in [4.78, 5) is 14.2. The van der Waals surface area contributed by atoms with E-state index in [1.165, 1.54) is 5.56 Å². The number of rotatable bonds is 2. The highest BCUT2D eigenvalue weighted by molar-refractivity contribution is 6.23. The zero-order valence-electron chi connectivity index (χ0n) is 12.4. The van der Waals surface area contributed by atoms with Crippen molar-refractivity contribution in [3.63, 3.8) is 0 Å². The van der Waals surface area contributed by atoms with Gasteiger partial charge in [0.15, 0.2) is 0 Å². The van der Waals surface area contributed by atoms with Crippen LogP contribution >= 0.6 is 0 Å². The van der Waals surface area contributed by atoms with Crippen LogP contribution in [0.2, 0.25) is 0 Å². The molecule has 2 N–H and O–H groups in total. The molecule has 3 heteroatoms. The van der Waals surface area contributed by atoms with E-state index in [4.69, 9.17) is 5.73 Å². The molecular formula is C16H22N2O. The molecule has 1 heterocycles. The monoisotopic (exact) mass is 258 g/mol. The number of carbonyl (C=O) groups is 1. The maximum Gasteiger partial charge on any atom is 0.256 e. The highest BCUT2D eigenvalue weighted by atomic mass is 16.2. The molecule has 3 nitrogen and oxygen atoms in total. The second-order valence-corrected chi connectivity index (χ2v) is 5.44. The first kappa shape index (κ1) is 13.7. The van der Waals surface area contributed by atoms with Gasteiger partial charge in [-0.25, -0.2) is 0 Å². The van der Waals surface area contributed by atoms with E-state index in [1.807, 2.05) is 20.9 Å². The first-order valence-corrected chi connectivity index (χ1v) is 6.73. The Morgan fingerprint density at radius 1 is 1.21 bits per heavy atom. The third kappa shape index (κ3) is 2.03. The van der Waals surface area contributed by atoms with Crippen LogP contribution in [0.4, 0.5) is 0 Å². The molecule has 0 radical (unpaired) electrons. The number of benzene rings is 1. The van der Waals surface area contributed by atoms with Gasteiger partial charge in [0.05, 0.1) is 11.6 Å². The summed E-state index contributed by atoms with van der Waals surface area (Å²) in [7, 11) is 1.83. The molecule has 0 aromatic heterocycles. The maximum absolute atomic E-state index is 12.5. The lowest BCUT2D eigenvalue weighted by Crippen LogP contribution is -2.32. The van der Waals surface area contributed by atoms with Crippen molar-refractivity contribution in [2.24, 2.45) is 5.73 Å². The molecule has 1 aromatic carbocycles. The van der Waals surface area contributed by atoms with Gasteiger partial charge < -0.3 is 10.6 Å². The van der Waals surface area contributed by atoms with Crippen LogP contribution in [-0.4, -0.2) is 23.9 Å². The van der Waals surface area contributed by atoms with Gasteiger partial charge in [-0.3, -0.25) is 4.79 Å². The molecule has 0 spiro atoms. The lowest BCUT2D eigenvalue weighted by Gasteiger charge is -2.19. The minimum Gasteiger partial charge on any atom is -0.400 e. The largest absolute Gasteiger partial charge is 0.400 e. The fourth-order valence-electron chi connectivity index (χ4n) is 3.14. The fourth-order valence-corrected chi connectivity index (χ4v) is 3.14.